The fourth-order valence-electron chi connectivity index (χ4n) is 2.79. The molecule has 2 aliphatic rings. The lowest BCUT2D eigenvalue weighted by Crippen LogP contribution is -2.29. The summed E-state index contributed by atoms with van der Waals surface area (Å²) in [7, 11) is 2.06. The molecule has 0 aliphatic heterocycles. The van der Waals surface area contributed by atoms with Crippen LogP contribution in [0.1, 0.15) is 32.1 Å². The van der Waals surface area contributed by atoms with Crippen molar-refractivity contribution < 1.29 is 0 Å². The Morgan fingerprint density at radius 3 is 2.67 bits per heavy atom. The highest BCUT2D eigenvalue weighted by Gasteiger charge is 2.53. The molecule has 0 radical (unpaired) electrons. The molecule has 0 bridgehead atoms. The van der Waals surface area contributed by atoms with Gasteiger partial charge in [0.15, 0.2) is 0 Å². The van der Waals surface area contributed by atoms with Gasteiger partial charge in [0.1, 0.15) is 0 Å². The molecular formula is C10H20N2. The molecule has 1 spiro atoms. The highest BCUT2D eigenvalue weighted by molar-refractivity contribution is 5.05. The monoisotopic (exact) mass is 168 g/mol. The van der Waals surface area contributed by atoms with Gasteiger partial charge in [-0.2, -0.15) is 0 Å². The van der Waals surface area contributed by atoms with Gasteiger partial charge < -0.3 is 11.1 Å². The first-order chi connectivity index (χ1) is 5.77. The van der Waals surface area contributed by atoms with Gasteiger partial charge in [0.25, 0.3) is 0 Å². The molecule has 2 saturated carbocycles. The minimum atomic E-state index is 0.506. The van der Waals surface area contributed by atoms with E-state index in [1.165, 1.54) is 38.6 Å². The first kappa shape index (κ1) is 8.52. The first-order valence-electron chi connectivity index (χ1n) is 5.17. The predicted octanol–water partition coefficient (Wildman–Crippen LogP) is 1.11. The lowest BCUT2D eigenvalue weighted by atomic mass is 9.82. The molecule has 2 heteroatoms. The van der Waals surface area contributed by atoms with Gasteiger partial charge >= 0.3 is 0 Å². The van der Waals surface area contributed by atoms with Crippen molar-refractivity contribution in [2.45, 2.75) is 38.1 Å². The van der Waals surface area contributed by atoms with Gasteiger partial charge in [-0.3, -0.25) is 0 Å². The van der Waals surface area contributed by atoms with Crippen molar-refractivity contribution in [2.24, 2.45) is 17.1 Å². The summed E-state index contributed by atoms with van der Waals surface area (Å²) in [5, 5.41) is 3.28. The maximum Gasteiger partial charge on any atom is 0.00392 e. The lowest BCUT2D eigenvalue weighted by Gasteiger charge is -2.27. The van der Waals surface area contributed by atoms with Crippen LogP contribution < -0.4 is 11.1 Å². The van der Waals surface area contributed by atoms with Crippen LogP contribution >= 0.6 is 0 Å². The Hall–Kier alpha value is -0.0800. The first-order valence-corrected chi connectivity index (χ1v) is 5.17. The van der Waals surface area contributed by atoms with Crippen LogP contribution in [-0.4, -0.2) is 19.6 Å². The topological polar surface area (TPSA) is 38.0 Å². The molecule has 0 amide bonds. The average molecular weight is 168 g/mol. The molecule has 70 valence electrons. The van der Waals surface area contributed by atoms with Gasteiger partial charge in [-0.15, -0.1) is 0 Å². The lowest BCUT2D eigenvalue weighted by molar-refractivity contribution is 0.280. The normalized spacial score (nSPS) is 46.5. The van der Waals surface area contributed by atoms with Crippen LogP contribution in [0.25, 0.3) is 0 Å². The summed E-state index contributed by atoms with van der Waals surface area (Å²) in [5.74, 6) is 0.968. The van der Waals surface area contributed by atoms with E-state index in [4.69, 9.17) is 5.73 Å². The maximum atomic E-state index is 5.89. The van der Waals surface area contributed by atoms with E-state index in [1.54, 1.807) is 0 Å². The third-order valence-corrected chi connectivity index (χ3v) is 3.84. The highest BCUT2D eigenvalue weighted by atomic mass is 14.8. The minimum Gasteiger partial charge on any atom is -0.328 e. The van der Waals surface area contributed by atoms with Gasteiger partial charge in [-0.05, 0) is 57.0 Å². The summed E-state index contributed by atoms with van der Waals surface area (Å²) in [6.45, 7) is 1.22. The molecule has 3 N–H and O–H groups in total. The Morgan fingerprint density at radius 2 is 2.08 bits per heavy atom. The molecule has 1 atom stereocenters. The molecule has 1 unspecified atom stereocenters. The van der Waals surface area contributed by atoms with Gasteiger partial charge in [0.05, 0.1) is 0 Å². The Kier molecular flexibility index (Phi) is 2.13. The van der Waals surface area contributed by atoms with Gasteiger partial charge in [0, 0.05) is 6.04 Å². The van der Waals surface area contributed by atoms with Crippen LogP contribution in [0.3, 0.4) is 0 Å². The van der Waals surface area contributed by atoms with Crippen molar-refractivity contribution in [1.82, 2.24) is 5.32 Å². The number of nitrogens with two attached hydrogens (primary N) is 1. The van der Waals surface area contributed by atoms with Crippen LogP contribution in [0, 0.1) is 11.3 Å². The largest absolute Gasteiger partial charge is 0.328 e. The Balaban J connectivity index is 1.83. The molecule has 12 heavy (non-hydrogen) atoms. The van der Waals surface area contributed by atoms with E-state index in [9.17, 15) is 0 Å². The Bertz CT molecular complexity index is 159. The fourth-order valence-corrected chi connectivity index (χ4v) is 2.79. The molecule has 0 heterocycles. The standard InChI is InChI=1S/C10H20N2/c1-12-7-8-6-10(8)4-2-9(11)3-5-10/h8-9,12H,2-7,11H2,1H3. The Morgan fingerprint density at radius 1 is 1.42 bits per heavy atom. The number of nitrogens with one attached hydrogen (secondary N) is 1. The van der Waals surface area contributed by atoms with Crippen molar-refractivity contribution in [3.63, 3.8) is 0 Å². The zero-order chi connectivity index (χ0) is 8.60. The van der Waals surface area contributed by atoms with Crippen molar-refractivity contribution >= 4 is 0 Å². The second-order valence-corrected chi connectivity index (χ2v) is 4.66. The third-order valence-electron chi connectivity index (χ3n) is 3.84. The second-order valence-electron chi connectivity index (χ2n) is 4.66. The van der Waals surface area contributed by atoms with E-state index in [0.717, 1.165) is 11.3 Å². The zero-order valence-electron chi connectivity index (χ0n) is 7.97. The van der Waals surface area contributed by atoms with Crippen molar-refractivity contribution in [1.29, 1.82) is 0 Å². The summed E-state index contributed by atoms with van der Waals surface area (Å²) in [5.41, 5.74) is 6.62. The van der Waals surface area contributed by atoms with Crippen LogP contribution in [0.4, 0.5) is 0 Å². The molecule has 2 aliphatic carbocycles. The summed E-state index contributed by atoms with van der Waals surface area (Å²) in [6, 6.07) is 0.506. The summed E-state index contributed by atoms with van der Waals surface area (Å²) in [6.07, 6.45) is 6.77. The van der Waals surface area contributed by atoms with Crippen molar-refractivity contribution in [2.75, 3.05) is 13.6 Å². The van der Waals surface area contributed by atoms with Gasteiger partial charge in [-0.1, -0.05) is 0 Å². The van der Waals surface area contributed by atoms with Crippen molar-refractivity contribution in [3.05, 3.63) is 0 Å². The van der Waals surface area contributed by atoms with E-state index < -0.39 is 0 Å². The van der Waals surface area contributed by atoms with E-state index in [2.05, 4.69) is 12.4 Å². The quantitative estimate of drug-likeness (QED) is 0.648. The number of hydrogen-bond donors (Lipinski definition) is 2. The predicted molar refractivity (Wildman–Crippen MR) is 50.9 cm³/mol. The van der Waals surface area contributed by atoms with Crippen LogP contribution in [0.5, 0.6) is 0 Å². The molecule has 0 aromatic carbocycles. The van der Waals surface area contributed by atoms with E-state index in [0.29, 0.717) is 6.04 Å². The fraction of sp³-hybridized carbons (Fsp3) is 1.00. The molecule has 2 rings (SSSR count). The number of hydrogen-bond acceptors (Lipinski definition) is 2. The summed E-state index contributed by atoms with van der Waals surface area (Å²) < 4.78 is 0. The smallest absolute Gasteiger partial charge is 0.00392 e. The maximum absolute atomic E-state index is 5.89. The van der Waals surface area contributed by atoms with Crippen LogP contribution in [-0.2, 0) is 0 Å². The number of rotatable bonds is 2. The van der Waals surface area contributed by atoms with Crippen molar-refractivity contribution in [3.8, 4) is 0 Å². The molecule has 0 saturated heterocycles. The van der Waals surface area contributed by atoms with E-state index in [1.807, 2.05) is 0 Å². The van der Waals surface area contributed by atoms with E-state index in [-0.39, 0.29) is 0 Å². The minimum absolute atomic E-state index is 0.506. The summed E-state index contributed by atoms with van der Waals surface area (Å²) in [4.78, 5) is 0. The highest BCUT2D eigenvalue weighted by Crippen LogP contribution is 2.60. The molecule has 0 aromatic rings. The molecular weight excluding hydrogens is 148 g/mol. The summed E-state index contributed by atoms with van der Waals surface area (Å²) >= 11 is 0. The SMILES string of the molecule is CNCC1CC12CCC(N)CC2. The van der Waals surface area contributed by atoms with E-state index >= 15 is 0 Å². The molecule has 2 nitrogen and oxygen atoms in total. The van der Waals surface area contributed by atoms with Gasteiger partial charge in [-0.25, -0.2) is 0 Å². The Labute approximate surface area is 74.9 Å². The van der Waals surface area contributed by atoms with Gasteiger partial charge in [0.2, 0.25) is 0 Å². The second kappa shape index (κ2) is 3.00. The molecule has 0 aromatic heterocycles. The van der Waals surface area contributed by atoms with Crippen LogP contribution in [0.2, 0.25) is 0 Å². The van der Waals surface area contributed by atoms with Crippen LogP contribution in [0.15, 0.2) is 0 Å². The average Bonchev–Trinajstić information content (AvgIpc) is 2.72. The zero-order valence-corrected chi connectivity index (χ0v) is 7.97. The third kappa shape index (κ3) is 1.38. The molecule has 2 fully saturated rings.